The number of nitrogens with zero attached hydrogens (tertiary/aromatic N) is 3. The van der Waals surface area contributed by atoms with Gasteiger partial charge in [0.15, 0.2) is 5.82 Å². The SMILES string of the molecule is COC[C@H](NC(=O)NC1CCN(c2nccn(C)c2=O)CC1)C1CC1. The van der Waals surface area contributed by atoms with Gasteiger partial charge in [0.05, 0.1) is 12.6 Å². The van der Waals surface area contributed by atoms with E-state index in [1.807, 2.05) is 4.90 Å². The molecule has 138 valence electrons. The molecule has 2 fully saturated rings. The number of ether oxygens (including phenoxy) is 1. The van der Waals surface area contributed by atoms with Gasteiger partial charge in [0.1, 0.15) is 0 Å². The van der Waals surface area contributed by atoms with Crippen molar-refractivity contribution in [2.45, 2.75) is 37.8 Å². The number of aromatic nitrogens is 2. The number of anilines is 1. The lowest BCUT2D eigenvalue weighted by Gasteiger charge is -2.33. The molecule has 1 aromatic heterocycles. The van der Waals surface area contributed by atoms with Crippen molar-refractivity contribution >= 4 is 11.8 Å². The van der Waals surface area contributed by atoms with Crippen molar-refractivity contribution in [3.8, 4) is 0 Å². The van der Waals surface area contributed by atoms with Gasteiger partial charge in [0.2, 0.25) is 0 Å². The van der Waals surface area contributed by atoms with E-state index < -0.39 is 0 Å². The lowest BCUT2D eigenvalue weighted by molar-refractivity contribution is 0.156. The van der Waals surface area contributed by atoms with Gasteiger partial charge >= 0.3 is 6.03 Å². The van der Waals surface area contributed by atoms with Gasteiger partial charge in [-0.15, -0.1) is 0 Å². The minimum absolute atomic E-state index is 0.0847. The maximum Gasteiger partial charge on any atom is 0.315 e. The van der Waals surface area contributed by atoms with Crippen LogP contribution in [-0.2, 0) is 11.8 Å². The average molecular weight is 349 g/mol. The normalized spacial score (nSPS) is 19.5. The Morgan fingerprint density at radius 2 is 2.08 bits per heavy atom. The molecule has 0 spiro atoms. The van der Waals surface area contributed by atoms with Gasteiger partial charge in [0, 0.05) is 45.7 Å². The highest BCUT2D eigenvalue weighted by Crippen LogP contribution is 2.32. The zero-order chi connectivity index (χ0) is 17.8. The van der Waals surface area contributed by atoms with Crippen molar-refractivity contribution in [3.05, 3.63) is 22.7 Å². The Kier molecular flexibility index (Phi) is 5.57. The Bertz CT molecular complexity index is 650. The second-order valence-electron chi connectivity index (χ2n) is 6.95. The van der Waals surface area contributed by atoms with E-state index in [9.17, 15) is 9.59 Å². The predicted molar refractivity (Wildman–Crippen MR) is 94.8 cm³/mol. The van der Waals surface area contributed by atoms with Crippen LogP contribution in [0.4, 0.5) is 10.6 Å². The molecule has 1 aliphatic heterocycles. The van der Waals surface area contributed by atoms with Crippen LogP contribution >= 0.6 is 0 Å². The molecule has 0 bridgehead atoms. The molecule has 2 amide bonds. The molecular weight excluding hydrogens is 322 g/mol. The van der Waals surface area contributed by atoms with E-state index >= 15 is 0 Å². The average Bonchev–Trinajstić information content (AvgIpc) is 3.43. The van der Waals surface area contributed by atoms with Gasteiger partial charge in [0.25, 0.3) is 5.56 Å². The van der Waals surface area contributed by atoms with Crippen molar-refractivity contribution < 1.29 is 9.53 Å². The van der Waals surface area contributed by atoms with E-state index in [0.29, 0.717) is 31.4 Å². The fraction of sp³-hybridized carbons (Fsp3) is 0.706. The molecule has 8 heteroatoms. The second kappa shape index (κ2) is 7.86. The molecule has 2 heterocycles. The highest BCUT2D eigenvalue weighted by molar-refractivity contribution is 5.74. The Morgan fingerprint density at radius 1 is 1.36 bits per heavy atom. The van der Waals surface area contributed by atoms with Gasteiger partial charge in [-0.3, -0.25) is 4.79 Å². The molecule has 1 saturated carbocycles. The molecule has 0 radical (unpaired) electrons. The molecule has 1 aromatic rings. The summed E-state index contributed by atoms with van der Waals surface area (Å²) in [4.78, 5) is 30.6. The van der Waals surface area contributed by atoms with Gasteiger partial charge in [-0.1, -0.05) is 0 Å². The Hall–Kier alpha value is -2.09. The van der Waals surface area contributed by atoms with Crippen LogP contribution in [0.1, 0.15) is 25.7 Å². The maximum absolute atomic E-state index is 12.2. The number of hydrogen-bond acceptors (Lipinski definition) is 5. The van der Waals surface area contributed by atoms with E-state index in [2.05, 4.69) is 15.6 Å². The highest BCUT2D eigenvalue weighted by Gasteiger charge is 2.32. The monoisotopic (exact) mass is 349 g/mol. The Balaban J connectivity index is 1.48. The van der Waals surface area contributed by atoms with Crippen LogP contribution in [0, 0.1) is 5.92 Å². The minimum Gasteiger partial charge on any atom is -0.383 e. The number of piperidine rings is 1. The summed E-state index contributed by atoms with van der Waals surface area (Å²) in [6.45, 7) is 1.97. The van der Waals surface area contributed by atoms with Crippen LogP contribution < -0.4 is 21.1 Å². The fourth-order valence-corrected chi connectivity index (χ4v) is 3.31. The highest BCUT2D eigenvalue weighted by atomic mass is 16.5. The molecule has 2 N–H and O–H groups in total. The summed E-state index contributed by atoms with van der Waals surface area (Å²) in [6, 6.07) is 0.0917. The van der Waals surface area contributed by atoms with Gasteiger partial charge in [-0.2, -0.15) is 0 Å². The molecule has 3 rings (SSSR count). The van der Waals surface area contributed by atoms with Gasteiger partial charge in [-0.05, 0) is 31.6 Å². The van der Waals surface area contributed by atoms with E-state index in [1.54, 1.807) is 26.6 Å². The summed E-state index contributed by atoms with van der Waals surface area (Å²) in [5, 5.41) is 6.08. The third-order valence-electron chi connectivity index (χ3n) is 4.98. The number of hydrogen-bond donors (Lipinski definition) is 2. The van der Waals surface area contributed by atoms with Gasteiger partial charge in [-0.25, -0.2) is 9.78 Å². The van der Waals surface area contributed by atoms with E-state index in [4.69, 9.17) is 4.74 Å². The van der Waals surface area contributed by atoms with Crippen LogP contribution in [-0.4, -0.2) is 54.5 Å². The summed E-state index contributed by atoms with van der Waals surface area (Å²) < 4.78 is 6.73. The first-order valence-corrected chi connectivity index (χ1v) is 8.91. The summed E-state index contributed by atoms with van der Waals surface area (Å²) in [7, 11) is 3.38. The first-order valence-electron chi connectivity index (χ1n) is 8.91. The minimum atomic E-state index is -0.124. The number of nitrogens with one attached hydrogen (secondary N) is 2. The van der Waals surface area contributed by atoms with Crippen molar-refractivity contribution in [2.24, 2.45) is 13.0 Å². The predicted octanol–water partition coefficient (Wildman–Crippen LogP) is 0.473. The largest absolute Gasteiger partial charge is 0.383 e. The quantitative estimate of drug-likeness (QED) is 0.780. The first-order chi connectivity index (χ1) is 12.1. The second-order valence-corrected chi connectivity index (χ2v) is 6.95. The molecule has 1 atom stereocenters. The maximum atomic E-state index is 12.2. The zero-order valence-corrected chi connectivity index (χ0v) is 14.9. The number of methoxy groups -OCH3 is 1. The van der Waals surface area contributed by atoms with Crippen molar-refractivity contribution in [1.29, 1.82) is 0 Å². The number of carbonyl (C=O) groups is 1. The number of rotatable bonds is 6. The van der Waals surface area contributed by atoms with E-state index in [-0.39, 0.29) is 23.7 Å². The molecular formula is C17H27N5O3. The first kappa shape index (κ1) is 17.7. The van der Waals surface area contributed by atoms with Crippen LogP contribution in [0.25, 0.3) is 0 Å². The lowest BCUT2D eigenvalue weighted by atomic mass is 10.1. The van der Waals surface area contributed by atoms with Crippen LogP contribution in [0.15, 0.2) is 17.2 Å². The van der Waals surface area contributed by atoms with E-state index in [0.717, 1.165) is 25.7 Å². The molecule has 1 aliphatic carbocycles. The summed E-state index contributed by atoms with van der Waals surface area (Å²) in [6.07, 6.45) is 7.21. The van der Waals surface area contributed by atoms with Crippen molar-refractivity contribution in [1.82, 2.24) is 20.2 Å². The molecule has 8 nitrogen and oxygen atoms in total. The molecule has 0 unspecified atom stereocenters. The molecule has 0 aromatic carbocycles. The zero-order valence-electron chi connectivity index (χ0n) is 14.9. The number of amides is 2. The smallest absolute Gasteiger partial charge is 0.315 e. The molecule has 25 heavy (non-hydrogen) atoms. The number of aryl methyl sites for hydroxylation is 1. The Morgan fingerprint density at radius 3 is 2.72 bits per heavy atom. The van der Waals surface area contributed by atoms with Crippen LogP contribution in [0.3, 0.4) is 0 Å². The lowest BCUT2D eigenvalue weighted by Crippen LogP contribution is -2.52. The topological polar surface area (TPSA) is 88.5 Å². The molecule has 2 aliphatic rings. The van der Waals surface area contributed by atoms with E-state index in [1.165, 1.54) is 4.57 Å². The van der Waals surface area contributed by atoms with Gasteiger partial charge < -0.3 is 24.8 Å². The number of carbonyl (C=O) groups excluding carboxylic acids is 1. The van der Waals surface area contributed by atoms with Crippen LogP contribution in [0.2, 0.25) is 0 Å². The van der Waals surface area contributed by atoms with Crippen LogP contribution in [0.5, 0.6) is 0 Å². The molecule has 1 saturated heterocycles. The third-order valence-corrected chi connectivity index (χ3v) is 4.98. The third kappa shape index (κ3) is 4.50. The van der Waals surface area contributed by atoms with Crippen molar-refractivity contribution in [3.63, 3.8) is 0 Å². The number of urea groups is 1. The fourth-order valence-electron chi connectivity index (χ4n) is 3.31. The summed E-state index contributed by atoms with van der Waals surface area (Å²) in [5.41, 5.74) is -0.0847. The van der Waals surface area contributed by atoms with Crippen molar-refractivity contribution in [2.75, 3.05) is 31.7 Å². The summed E-state index contributed by atoms with van der Waals surface area (Å²) >= 11 is 0. The standard InChI is InChI=1S/C17H27N5O3/c1-21-10-7-18-15(16(21)23)22-8-5-13(6-9-22)19-17(24)20-14(11-25-2)12-3-4-12/h7,10,12-14H,3-6,8-9,11H2,1-2H3,(H2,19,20,24)/t14-/m0/s1. The Labute approximate surface area is 147 Å². The summed E-state index contributed by atoms with van der Waals surface area (Å²) in [5.74, 6) is 1.04.